The predicted octanol–water partition coefficient (Wildman–Crippen LogP) is 21.0. The lowest BCUT2D eigenvalue weighted by molar-refractivity contribution is -0.167. The molecule has 0 bridgehead atoms. The van der Waals surface area contributed by atoms with E-state index in [0.717, 1.165) is 63.7 Å². The van der Waals surface area contributed by atoms with Gasteiger partial charge in [-0.25, -0.2) is 0 Å². The van der Waals surface area contributed by atoms with E-state index in [9.17, 15) is 14.4 Å². The number of carbonyl (C=O) groups is 3. The topological polar surface area (TPSA) is 78.9 Å². The zero-order valence-electron chi connectivity index (χ0n) is 47.3. The Kier molecular flexibility index (Phi) is 56.0. The average Bonchev–Trinajstić information content (AvgIpc) is 3.35. The summed E-state index contributed by atoms with van der Waals surface area (Å²) in [7, 11) is 0. The molecule has 0 spiro atoms. The van der Waals surface area contributed by atoms with Gasteiger partial charge in [0.25, 0.3) is 0 Å². The Morgan fingerprint density at radius 2 is 0.507 bits per heavy atom. The lowest BCUT2D eigenvalue weighted by Crippen LogP contribution is -2.30. The molecule has 0 amide bonds. The molecule has 0 saturated carbocycles. The second-order valence-electron chi connectivity index (χ2n) is 21.9. The maximum Gasteiger partial charge on any atom is 0.306 e. The van der Waals surface area contributed by atoms with E-state index in [1.54, 1.807) is 0 Å². The van der Waals surface area contributed by atoms with Gasteiger partial charge in [0.1, 0.15) is 13.2 Å². The summed E-state index contributed by atoms with van der Waals surface area (Å²) < 4.78 is 16.9. The van der Waals surface area contributed by atoms with Crippen LogP contribution in [0.4, 0.5) is 0 Å². The van der Waals surface area contributed by atoms with Crippen LogP contribution in [0.3, 0.4) is 0 Å². The number of carbonyl (C=O) groups excluding carboxylic acids is 3. The molecule has 1 unspecified atom stereocenters. The summed E-state index contributed by atoms with van der Waals surface area (Å²) in [6.07, 6.45) is 63.8. The molecule has 0 aliphatic rings. The number of esters is 3. The van der Waals surface area contributed by atoms with Crippen molar-refractivity contribution in [2.45, 2.75) is 368 Å². The fourth-order valence-corrected chi connectivity index (χ4v) is 9.78. The quantitative estimate of drug-likeness (QED) is 0.0343. The third-order valence-electron chi connectivity index (χ3n) is 14.9. The smallest absolute Gasteiger partial charge is 0.306 e. The highest BCUT2D eigenvalue weighted by Crippen LogP contribution is 2.19. The van der Waals surface area contributed by atoms with Crippen molar-refractivity contribution in [2.24, 2.45) is 5.92 Å². The van der Waals surface area contributed by atoms with E-state index < -0.39 is 6.10 Å². The summed E-state index contributed by atoms with van der Waals surface area (Å²) in [5, 5.41) is 0. The number of ether oxygens (including phenoxy) is 3. The highest BCUT2D eigenvalue weighted by atomic mass is 16.6. The standard InChI is InChI=1S/C63H122O6/c1-5-8-10-12-14-16-18-20-22-24-26-28-29-31-33-38-42-46-50-54-61(64)67-57-60(58-68-62(65)55-51-47-43-39-36-35-37-41-45-49-53-59(4)7-3)69-63(66)56-52-48-44-40-34-32-30-27-25-23-21-19-17-15-13-11-9-6-2/h59-60H,5-58H2,1-4H3/t59?,60-/m0/s1. The van der Waals surface area contributed by atoms with Crippen LogP contribution < -0.4 is 0 Å². The minimum absolute atomic E-state index is 0.0615. The predicted molar refractivity (Wildman–Crippen MR) is 298 cm³/mol. The molecule has 0 aromatic rings. The Labute approximate surface area is 431 Å². The monoisotopic (exact) mass is 975 g/mol. The molecule has 2 atom stereocenters. The second kappa shape index (κ2) is 57.3. The molecular formula is C63H122O6. The molecule has 6 nitrogen and oxygen atoms in total. The van der Waals surface area contributed by atoms with Crippen molar-refractivity contribution in [3.05, 3.63) is 0 Å². The summed E-state index contributed by atoms with van der Waals surface area (Å²) >= 11 is 0. The maximum atomic E-state index is 12.9. The van der Waals surface area contributed by atoms with Gasteiger partial charge < -0.3 is 14.2 Å². The molecule has 0 heterocycles. The van der Waals surface area contributed by atoms with Crippen molar-refractivity contribution >= 4 is 17.9 Å². The molecular weight excluding hydrogens is 853 g/mol. The molecule has 69 heavy (non-hydrogen) atoms. The molecule has 410 valence electrons. The van der Waals surface area contributed by atoms with Gasteiger partial charge in [-0.2, -0.15) is 0 Å². The maximum absolute atomic E-state index is 12.9. The number of rotatable bonds is 58. The van der Waals surface area contributed by atoms with Gasteiger partial charge in [-0.15, -0.1) is 0 Å². The minimum Gasteiger partial charge on any atom is -0.462 e. The van der Waals surface area contributed by atoms with Gasteiger partial charge in [0.2, 0.25) is 0 Å². The minimum atomic E-state index is -0.763. The zero-order valence-corrected chi connectivity index (χ0v) is 47.3. The first-order valence-corrected chi connectivity index (χ1v) is 31.4. The molecule has 0 radical (unpaired) electrons. The van der Waals surface area contributed by atoms with E-state index in [0.29, 0.717) is 19.3 Å². The van der Waals surface area contributed by atoms with Crippen LogP contribution in [0.25, 0.3) is 0 Å². The van der Waals surface area contributed by atoms with E-state index in [1.807, 2.05) is 0 Å². The van der Waals surface area contributed by atoms with Gasteiger partial charge in [0, 0.05) is 19.3 Å². The molecule has 0 fully saturated rings. The summed E-state index contributed by atoms with van der Waals surface area (Å²) in [5.41, 5.74) is 0. The molecule has 0 aromatic carbocycles. The summed E-state index contributed by atoms with van der Waals surface area (Å²) in [4.78, 5) is 38.3. The van der Waals surface area contributed by atoms with Crippen molar-refractivity contribution < 1.29 is 28.6 Å². The third-order valence-corrected chi connectivity index (χ3v) is 14.9. The number of unbranched alkanes of at least 4 members (excludes halogenated alkanes) is 44. The van der Waals surface area contributed by atoms with Crippen molar-refractivity contribution in [1.82, 2.24) is 0 Å². The van der Waals surface area contributed by atoms with Crippen molar-refractivity contribution in [2.75, 3.05) is 13.2 Å². The van der Waals surface area contributed by atoms with Crippen molar-refractivity contribution in [3.63, 3.8) is 0 Å². The lowest BCUT2D eigenvalue weighted by Gasteiger charge is -2.18. The van der Waals surface area contributed by atoms with Gasteiger partial charge >= 0.3 is 17.9 Å². The Bertz CT molecular complexity index is 1040. The molecule has 0 aliphatic carbocycles. The van der Waals surface area contributed by atoms with Gasteiger partial charge in [0.15, 0.2) is 6.10 Å². The Balaban J connectivity index is 4.28. The Hall–Kier alpha value is -1.59. The van der Waals surface area contributed by atoms with E-state index >= 15 is 0 Å². The van der Waals surface area contributed by atoms with Gasteiger partial charge in [-0.05, 0) is 25.2 Å². The summed E-state index contributed by atoms with van der Waals surface area (Å²) in [5.74, 6) is 0.0391. The zero-order chi connectivity index (χ0) is 50.2. The van der Waals surface area contributed by atoms with Crippen LogP contribution in [-0.2, 0) is 28.6 Å². The fraction of sp³-hybridized carbons (Fsp3) is 0.952. The van der Waals surface area contributed by atoms with E-state index in [2.05, 4.69) is 27.7 Å². The normalized spacial score (nSPS) is 12.3. The SMILES string of the molecule is CCCCCCCCCCCCCCCCCCCCCC(=O)OC[C@@H](COC(=O)CCCCCCCCCCCCC(C)CC)OC(=O)CCCCCCCCCCCCCCCCCCCC. The van der Waals surface area contributed by atoms with Crippen LogP contribution in [0.5, 0.6) is 0 Å². The third kappa shape index (κ3) is 55.6. The van der Waals surface area contributed by atoms with E-state index in [4.69, 9.17) is 14.2 Å². The number of hydrogen-bond acceptors (Lipinski definition) is 6. The molecule has 0 aliphatic heterocycles. The van der Waals surface area contributed by atoms with E-state index in [1.165, 1.54) is 257 Å². The first-order valence-electron chi connectivity index (χ1n) is 31.4. The Morgan fingerprint density at radius 3 is 0.754 bits per heavy atom. The highest BCUT2D eigenvalue weighted by Gasteiger charge is 2.19. The second-order valence-corrected chi connectivity index (χ2v) is 21.9. The largest absolute Gasteiger partial charge is 0.462 e. The van der Waals surface area contributed by atoms with Gasteiger partial charge in [0.05, 0.1) is 0 Å². The van der Waals surface area contributed by atoms with Crippen LogP contribution in [-0.4, -0.2) is 37.2 Å². The average molecular weight is 976 g/mol. The molecule has 0 aromatic heterocycles. The highest BCUT2D eigenvalue weighted by molar-refractivity contribution is 5.71. The van der Waals surface area contributed by atoms with E-state index in [-0.39, 0.29) is 31.1 Å². The van der Waals surface area contributed by atoms with Crippen LogP contribution in [0, 0.1) is 5.92 Å². The first-order chi connectivity index (χ1) is 33.9. The lowest BCUT2D eigenvalue weighted by atomic mass is 9.99. The molecule has 0 rings (SSSR count). The molecule has 6 heteroatoms. The summed E-state index contributed by atoms with van der Waals surface area (Å²) in [6, 6.07) is 0. The van der Waals surface area contributed by atoms with Crippen LogP contribution >= 0.6 is 0 Å². The van der Waals surface area contributed by atoms with Crippen LogP contribution in [0.1, 0.15) is 362 Å². The van der Waals surface area contributed by atoms with Gasteiger partial charge in [-0.1, -0.05) is 323 Å². The fourth-order valence-electron chi connectivity index (χ4n) is 9.78. The molecule has 0 N–H and O–H groups in total. The van der Waals surface area contributed by atoms with Crippen LogP contribution in [0.15, 0.2) is 0 Å². The Morgan fingerprint density at radius 1 is 0.290 bits per heavy atom. The number of hydrogen-bond donors (Lipinski definition) is 0. The molecule has 0 saturated heterocycles. The summed E-state index contributed by atoms with van der Waals surface area (Å²) in [6.45, 7) is 9.10. The first kappa shape index (κ1) is 67.4. The van der Waals surface area contributed by atoms with Crippen LogP contribution in [0.2, 0.25) is 0 Å². The van der Waals surface area contributed by atoms with Crippen molar-refractivity contribution in [3.8, 4) is 0 Å². The van der Waals surface area contributed by atoms with Gasteiger partial charge in [-0.3, -0.25) is 14.4 Å². The van der Waals surface area contributed by atoms with Crippen molar-refractivity contribution in [1.29, 1.82) is 0 Å².